The second-order valence-corrected chi connectivity index (χ2v) is 10.0. The SMILES string of the molecule is CC12C(Br)=C(C#N)C(Br)(Br)C1(C)C=C(C#N)C2Br. The van der Waals surface area contributed by atoms with Crippen molar-refractivity contribution in [1.82, 2.24) is 0 Å². The van der Waals surface area contributed by atoms with Gasteiger partial charge in [-0.15, -0.1) is 0 Å². The number of hydrogen-bond acceptors (Lipinski definition) is 2. The molecule has 0 N–H and O–H groups in total. The molecule has 0 aromatic rings. The quantitative estimate of drug-likeness (QED) is 0.445. The Labute approximate surface area is 140 Å². The van der Waals surface area contributed by atoms with Gasteiger partial charge in [0.25, 0.3) is 0 Å². The first-order valence-electron chi connectivity index (χ1n) is 5.14. The van der Waals surface area contributed by atoms with Crippen molar-refractivity contribution in [2.45, 2.75) is 21.9 Å². The highest BCUT2D eigenvalue weighted by Gasteiger charge is 2.70. The first kappa shape index (κ1) is 14.8. The van der Waals surface area contributed by atoms with Crippen LogP contribution in [0.3, 0.4) is 0 Å². The van der Waals surface area contributed by atoms with Crippen LogP contribution in [-0.2, 0) is 0 Å². The predicted molar refractivity (Wildman–Crippen MR) is 84.8 cm³/mol. The van der Waals surface area contributed by atoms with E-state index in [2.05, 4.69) is 82.8 Å². The largest absolute Gasteiger partial charge is 0.193 e. The molecule has 0 radical (unpaired) electrons. The molecular weight excluding hydrogens is 492 g/mol. The highest BCUT2D eigenvalue weighted by atomic mass is 79.9. The van der Waals surface area contributed by atoms with Gasteiger partial charge >= 0.3 is 0 Å². The number of fused-ring (bicyclic) bond motifs is 1. The van der Waals surface area contributed by atoms with Crippen molar-refractivity contribution in [3.8, 4) is 12.1 Å². The maximum absolute atomic E-state index is 9.37. The van der Waals surface area contributed by atoms with Crippen LogP contribution >= 0.6 is 63.7 Å². The van der Waals surface area contributed by atoms with Crippen LogP contribution in [0.2, 0.25) is 0 Å². The summed E-state index contributed by atoms with van der Waals surface area (Å²) in [5.41, 5.74) is 0.515. The molecule has 0 spiro atoms. The van der Waals surface area contributed by atoms with Crippen molar-refractivity contribution in [2.24, 2.45) is 10.8 Å². The summed E-state index contributed by atoms with van der Waals surface area (Å²) in [6.45, 7) is 4.10. The lowest BCUT2D eigenvalue weighted by Gasteiger charge is -2.42. The minimum absolute atomic E-state index is 0.116. The van der Waals surface area contributed by atoms with E-state index >= 15 is 0 Å². The molecule has 0 bridgehead atoms. The summed E-state index contributed by atoms with van der Waals surface area (Å²) in [5, 5.41) is 18.6. The molecule has 2 nitrogen and oxygen atoms in total. The summed E-state index contributed by atoms with van der Waals surface area (Å²) < 4.78 is 0.164. The number of halogens is 4. The van der Waals surface area contributed by atoms with E-state index in [4.69, 9.17) is 0 Å². The Morgan fingerprint density at radius 2 is 1.78 bits per heavy atom. The number of nitriles is 2. The first-order valence-corrected chi connectivity index (χ1v) is 8.43. The van der Waals surface area contributed by atoms with E-state index < -0.39 is 8.65 Å². The Kier molecular flexibility index (Phi) is 3.44. The fourth-order valence-corrected chi connectivity index (χ4v) is 7.16. The zero-order valence-electron chi connectivity index (χ0n) is 9.56. The lowest BCUT2D eigenvalue weighted by atomic mass is 9.70. The van der Waals surface area contributed by atoms with Crippen LogP contribution in [-0.4, -0.2) is 8.06 Å². The third-order valence-corrected chi connectivity index (χ3v) is 9.25. The van der Waals surface area contributed by atoms with Gasteiger partial charge in [-0.3, -0.25) is 0 Å². The maximum atomic E-state index is 9.37. The summed E-state index contributed by atoms with van der Waals surface area (Å²) in [6.07, 6.45) is 1.95. The van der Waals surface area contributed by atoms with Gasteiger partial charge < -0.3 is 0 Å². The highest BCUT2D eigenvalue weighted by molar-refractivity contribution is 9.25. The van der Waals surface area contributed by atoms with E-state index in [1.54, 1.807) is 0 Å². The Bertz CT molecular complexity index is 576. The lowest BCUT2D eigenvalue weighted by Crippen LogP contribution is -2.43. The van der Waals surface area contributed by atoms with Gasteiger partial charge in [0.2, 0.25) is 0 Å². The monoisotopic (exact) mass is 496 g/mol. The normalized spacial score (nSPS) is 41.1. The van der Waals surface area contributed by atoms with Gasteiger partial charge in [-0.05, 0) is 0 Å². The topological polar surface area (TPSA) is 47.6 Å². The van der Waals surface area contributed by atoms with E-state index in [1.165, 1.54) is 0 Å². The van der Waals surface area contributed by atoms with Crippen LogP contribution in [0.4, 0.5) is 0 Å². The highest BCUT2D eigenvalue weighted by Crippen LogP contribution is 2.74. The Hall–Kier alpha value is 0.380. The summed E-state index contributed by atoms with van der Waals surface area (Å²) in [5.74, 6) is 0. The molecule has 3 atom stereocenters. The average Bonchev–Trinajstić information content (AvgIpc) is 2.58. The number of nitrogens with zero attached hydrogens (tertiary/aromatic N) is 2. The molecule has 0 saturated carbocycles. The van der Waals surface area contributed by atoms with E-state index in [0.717, 1.165) is 4.48 Å². The summed E-state index contributed by atoms with van der Waals surface area (Å²) in [4.78, 5) is -0.116. The fourth-order valence-electron chi connectivity index (χ4n) is 2.73. The van der Waals surface area contributed by atoms with Gasteiger partial charge in [0.1, 0.15) is 3.23 Å². The van der Waals surface area contributed by atoms with E-state index in [-0.39, 0.29) is 10.2 Å². The van der Waals surface area contributed by atoms with Crippen LogP contribution in [0.15, 0.2) is 21.7 Å². The van der Waals surface area contributed by atoms with Gasteiger partial charge in [-0.1, -0.05) is 83.6 Å². The molecular formula is C12H8Br4N2. The maximum Gasteiger partial charge on any atom is 0.126 e. The van der Waals surface area contributed by atoms with Crippen molar-refractivity contribution in [3.63, 3.8) is 0 Å². The van der Waals surface area contributed by atoms with E-state index in [0.29, 0.717) is 11.1 Å². The molecule has 0 aromatic carbocycles. The van der Waals surface area contributed by atoms with Crippen LogP contribution < -0.4 is 0 Å². The molecule has 6 heteroatoms. The number of hydrogen-bond donors (Lipinski definition) is 0. The molecule has 0 saturated heterocycles. The van der Waals surface area contributed by atoms with Crippen molar-refractivity contribution in [1.29, 1.82) is 10.5 Å². The molecule has 2 aliphatic rings. The minimum atomic E-state index is -0.667. The molecule has 94 valence electrons. The molecule has 0 fully saturated rings. The molecule has 0 heterocycles. The second kappa shape index (κ2) is 4.19. The smallest absolute Gasteiger partial charge is 0.126 e. The summed E-state index contributed by atoms with van der Waals surface area (Å²) in [6, 6.07) is 4.47. The first-order chi connectivity index (χ1) is 8.18. The predicted octanol–water partition coefficient (Wildman–Crippen LogP) is 4.90. The Morgan fingerprint density at radius 1 is 1.22 bits per heavy atom. The molecule has 3 unspecified atom stereocenters. The van der Waals surface area contributed by atoms with Crippen LogP contribution in [0.5, 0.6) is 0 Å². The second-order valence-electron chi connectivity index (χ2n) is 4.85. The molecule has 0 aromatic heterocycles. The van der Waals surface area contributed by atoms with Crippen LogP contribution in [0.1, 0.15) is 13.8 Å². The molecule has 18 heavy (non-hydrogen) atoms. The zero-order valence-corrected chi connectivity index (χ0v) is 15.9. The van der Waals surface area contributed by atoms with Gasteiger partial charge in [0.15, 0.2) is 0 Å². The molecule has 0 aliphatic heterocycles. The van der Waals surface area contributed by atoms with Gasteiger partial charge in [0.05, 0.1) is 22.5 Å². The van der Waals surface area contributed by atoms with Crippen molar-refractivity contribution in [3.05, 3.63) is 21.7 Å². The van der Waals surface area contributed by atoms with Crippen LogP contribution in [0.25, 0.3) is 0 Å². The minimum Gasteiger partial charge on any atom is -0.193 e. The van der Waals surface area contributed by atoms with Crippen LogP contribution in [0, 0.1) is 33.5 Å². The molecule has 2 aliphatic carbocycles. The zero-order chi connectivity index (χ0) is 13.9. The van der Waals surface area contributed by atoms with Gasteiger partial charge in [0, 0.05) is 20.9 Å². The third kappa shape index (κ3) is 1.36. The van der Waals surface area contributed by atoms with Crippen molar-refractivity contribution < 1.29 is 0 Å². The lowest BCUT2D eigenvalue weighted by molar-refractivity contribution is 0.234. The summed E-state index contributed by atoms with van der Waals surface area (Å²) >= 11 is 14.4. The van der Waals surface area contributed by atoms with Crippen molar-refractivity contribution >= 4 is 63.7 Å². The van der Waals surface area contributed by atoms with Gasteiger partial charge in [-0.2, -0.15) is 10.5 Å². The number of rotatable bonds is 0. The molecule has 2 rings (SSSR count). The van der Waals surface area contributed by atoms with E-state index in [1.807, 2.05) is 13.0 Å². The number of alkyl halides is 3. The molecule has 0 amide bonds. The van der Waals surface area contributed by atoms with Crippen molar-refractivity contribution in [2.75, 3.05) is 0 Å². The Balaban J connectivity index is 2.79. The number of allylic oxidation sites excluding steroid dienone is 4. The standard InChI is InChI=1S/C12H8Br4N2/c1-10-3-6(4-17)8(13)11(10,2)9(14)7(5-18)12(10,15)16/h3,8H,1-2H3. The summed E-state index contributed by atoms with van der Waals surface area (Å²) in [7, 11) is 0. The average molecular weight is 500 g/mol. The fraction of sp³-hybridized carbons (Fsp3) is 0.500. The van der Waals surface area contributed by atoms with E-state index in [9.17, 15) is 10.5 Å². The Morgan fingerprint density at radius 3 is 2.17 bits per heavy atom. The van der Waals surface area contributed by atoms with Gasteiger partial charge in [-0.25, -0.2) is 0 Å². The third-order valence-electron chi connectivity index (χ3n) is 4.19.